The summed E-state index contributed by atoms with van der Waals surface area (Å²) in [6.45, 7) is 12.5. The van der Waals surface area contributed by atoms with Gasteiger partial charge >= 0.3 is 0 Å². The van der Waals surface area contributed by atoms with E-state index in [1.807, 2.05) is 13.8 Å². The van der Waals surface area contributed by atoms with Crippen molar-refractivity contribution in [1.29, 1.82) is 0 Å². The van der Waals surface area contributed by atoms with E-state index in [2.05, 4.69) is 27.7 Å². The molecule has 0 amide bonds. The molecular formula is C24H44O7. The van der Waals surface area contributed by atoms with Gasteiger partial charge in [0.1, 0.15) is 17.3 Å². The highest BCUT2D eigenvalue weighted by Crippen LogP contribution is 2.46. The molecule has 2 heterocycles. The van der Waals surface area contributed by atoms with Crippen molar-refractivity contribution in [1.82, 2.24) is 0 Å². The first-order valence-electron chi connectivity index (χ1n) is 11.6. The topological polar surface area (TPSA) is 72.5 Å². The van der Waals surface area contributed by atoms with Crippen molar-refractivity contribution in [3.05, 3.63) is 0 Å². The van der Waals surface area contributed by atoms with Gasteiger partial charge in [0, 0.05) is 34.9 Å². The Hall–Kier alpha value is -0.570. The molecule has 0 aromatic carbocycles. The lowest BCUT2D eigenvalue weighted by Crippen LogP contribution is -2.62. The van der Waals surface area contributed by atoms with Crippen molar-refractivity contribution in [2.45, 2.75) is 96.8 Å². The van der Waals surface area contributed by atoms with Gasteiger partial charge < -0.3 is 28.4 Å². The zero-order chi connectivity index (χ0) is 23.6. The summed E-state index contributed by atoms with van der Waals surface area (Å²) >= 11 is 0. The Labute approximate surface area is 188 Å². The van der Waals surface area contributed by atoms with Crippen LogP contribution in [0.15, 0.2) is 0 Å². The van der Waals surface area contributed by atoms with E-state index in [0.717, 1.165) is 12.8 Å². The minimum atomic E-state index is -0.608. The van der Waals surface area contributed by atoms with Gasteiger partial charge in [-0.25, -0.2) is 0 Å². The zero-order valence-electron chi connectivity index (χ0n) is 21.1. The van der Waals surface area contributed by atoms with Gasteiger partial charge in [-0.1, -0.05) is 40.5 Å². The molecule has 0 spiro atoms. The predicted octanol–water partition coefficient (Wildman–Crippen LogP) is 3.82. The van der Waals surface area contributed by atoms with E-state index in [4.69, 9.17) is 28.4 Å². The van der Waals surface area contributed by atoms with E-state index in [1.54, 1.807) is 28.4 Å². The van der Waals surface area contributed by atoms with Crippen LogP contribution in [0.4, 0.5) is 0 Å². The standard InChI is InChI=1S/C24H44O7/c1-11-16-14(3)19(30-21(26-7)23(16,5)28-9)13-18(25)20-15(4)17(12-2)24(6,29-10)22(27-8)31-20/h14-17,19-22H,11-13H2,1-10H3/t14-,15-,16+,17+,19-,20+,21+,22+,23-,24-/m1/s1. The summed E-state index contributed by atoms with van der Waals surface area (Å²) in [6.07, 6.45) is 0.0697. The molecule has 0 aliphatic carbocycles. The van der Waals surface area contributed by atoms with Crippen LogP contribution in [-0.2, 0) is 33.2 Å². The first-order chi connectivity index (χ1) is 14.6. The van der Waals surface area contributed by atoms with Crippen LogP contribution in [0.25, 0.3) is 0 Å². The molecule has 31 heavy (non-hydrogen) atoms. The predicted molar refractivity (Wildman–Crippen MR) is 118 cm³/mol. The molecule has 0 bridgehead atoms. The molecule has 0 aromatic rings. The molecule has 7 heteroatoms. The Bertz CT molecular complexity index is 598. The van der Waals surface area contributed by atoms with E-state index in [0.29, 0.717) is 0 Å². The maximum Gasteiger partial charge on any atom is 0.187 e. The van der Waals surface area contributed by atoms with E-state index < -0.39 is 29.9 Å². The molecule has 0 saturated carbocycles. The van der Waals surface area contributed by atoms with Crippen molar-refractivity contribution in [2.75, 3.05) is 28.4 Å². The minimum absolute atomic E-state index is 0.00261. The molecule has 0 N–H and O–H groups in total. The summed E-state index contributed by atoms with van der Waals surface area (Å²) in [6, 6.07) is 0. The lowest BCUT2D eigenvalue weighted by molar-refractivity contribution is -0.314. The third kappa shape index (κ3) is 4.59. The highest BCUT2D eigenvalue weighted by molar-refractivity contribution is 5.84. The van der Waals surface area contributed by atoms with Gasteiger partial charge in [0.05, 0.1) is 6.10 Å². The molecule has 182 valence electrons. The quantitative estimate of drug-likeness (QED) is 0.535. The van der Waals surface area contributed by atoms with Crippen molar-refractivity contribution < 1.29 is 33.2 Å². The van der Waals surface area contributed by atoms with Crippen LogP contribution in [0.3, 0.4) is 0 Å². The van der Waals surface area contributed by atoms with Crippen LogP contribution in [0.1, 0.15) is 60.8 Å². The number of carbonyl (C=O) groups is 1. The summed E-state index contributed by atoms with van der Waals surface area (Å²) in [5.41, 5.74) is -1.17. The molecule has 0 aromatic heterocycles. The Morgan fingerprint density at radius 2 is 1.26 bits per heavy atom. The van der Waals surface area contributed by atoms with Gasteiger partial charge in [0.2, 0.25) is 0 Å². The Balaban J connectivity index is 2.23. The minimum Gasteiger partial charge on any atom is -0.373 e. The van der Waals surface area contributed by atoms with Gasteiger partial charge in [-0.3, -0.25) is 4.79 Å². The average Bonchev–Trinajstić information content (AvgIpc) is 2.76. The van der Waals surface area contributed by atoms with Crippen LogP contribution in [0, 0.1) is 23.7 Å². The van der Waals surface area contributed by atoms with Crippen LogP contribution in [-0.4, -0.2) is 70.2 Å². The Morgan fingerprint density at radius 3 is 1.68 bits per heavy atom. The third-order valence-electron chi connectivity index (χ3n) is 8.22. The van der Waals surface area contributed by atoms with Crippen molar-refractivity contribution >= 4 is 5.78 Å². The van der Waals surface area contributed by atoms with Crippen molar-refractivity contribution in [3.8, 4) is 0 Å². The second kappa shape index (κ2) is 10.6. The van der Waals surface area contributed by atoms with E-state index in [9.17, 15) is 4.79 Å². The van der Waals surface area contributed by atoms with Gasteiger partial charge in [-0.05, 0) is 37.5 Å². The summed E-state index contributed by atoms with van der Waals surface area (Å²) in [5.74, 6) is 0.492. The summed E-state index contributed by atoms with van der Waals surface area (Å²) < 4.78 is 35.4. The molecule has 0 radical (unpaired) electrons. The number of hydrogen-bond donors (Lipinski definition) is 0. The van der Waals surface area contributed by atoms with Crippen molar-refractivity contribution in [2.24, 2.45) is 23.7 Å². The molecule has 2 aliphatic heterocycles. The van der Waals surface area contributed by atoms with Gasteiger partial charge in [-0.2, -0.15) is 0 Å². The molecule has 2 fully saturated rings. The summed E-state index contributed by atoms with van der Waals surface area (Å²) in [5, 5.41) is 0. The highest BCUT2D eigenvalue weighted by atomic mass is 16.7. The van der Waals surface area contributed by atoms with Gasteiger partial charge in [0.25, 0.3) is 0 Å². The lowest BCUT2D eigenvalue weighted by atomic mass is 9.70. The number of rotatable bonds is 9. The van der Waals surface area contributed by atoms with E-state index >= 15 is 0 Å². The fraction of sp³-hybridized carbons (Fsp3) is 0.958. The first kappa shape index (κ1) is 26.7. The fourth-order valence-corrected chi connectivity index (χ4v) is 6.22. The van der Waals surface area contributed by atoms with Gasteiger partial charge in [0.15, 0.2) is 18.4 Å². The second-order valence-corrected chi connectivity index (χ2v) is 9.56. The number of ether oxygens (including phenoxy) is 6. The molecule has 2 saturated heterocycles. The van der Waals surface area contributed by atoms with Crippen molar-refractivity contribution in [3.63, 3.8) is 0 Å². The Morgan fingerprint density at radius 1 is 0.806 bits per heavy atom. The van der Waals surface area contributed by atoms with E-state index in [1.165, 1.54) is 0 Å². The zero-order valence-corrected chi connectivity index (χ0v) is 21.1. The summed E-state index contributed by atoms with van der Waals surface area (Å²) in [4.78, 5) is 13.5. The van der Waals surface area contributed by atoms with E-state index in [-0.39, 0.29) is 42.0 Å². The fourth-order valence-electron chi connectivity index (χ4n) is 6.22. The van der Waals surface area contributed by atoms with Crippen LogP contribution < -0.4 is 0 Å². The number of carbonyl (C=O) groups excluding carboxylic acids is 1. The third-order valence-corrected chi connectivity index (χ3v) is 8.22. The SMILES string of the molecule is CC[C@H]1[C@@H](C)[C@@H](C(=O)C[C@H]2O[C@H](OC)[C@](C)(OC)[C@@H](CC)[C@H]2C)O[C@H](OC)[C@]1(C)OC. The number of methoxy groups -OCH3 is 4. The van der Waals surface area contributed by atoms with Crippen LogP contribution in [0.2, 0.25) is 0 Å². The second-order valence-electron chi connectivity index (χ2n) is 9.56. The molecular weight excluding hydrogens is 400 g/mol. The molecule has 2 aliphatic rings. The number of ketones is 1. The average molecular weight is 445 g/mol. The van der Waals surface area contributed by atoms with Crippen LogP contribution in [0.5, 0.6) is 0 Å². The normalized spacial score (nSPS) is 46.1. The maximum atomic E-state index is 13.5. The smallest absolute Gasteiger partial charge is 0.187 e. The maximum absolute atomic E-state index is 13.5. The molecule has 10 atom stereocenters. The lowest BCUT2D eigenvalue weighted by Gasteiger charge is -2.52. The largest absolute Gasteiger partial charge is 0.373 e. The van der Waals surface area contributed by atoms with Gasteiger partial charge in [-0.15, -0.1) is 0 Å². The number of Topliss-reactive ketones (excluding diaryl/α,β-unsaturated/α-hetero) is 1. The Kier molecular flexibility index (Phi) is 9.10. The molecule has 2 rings (SSSR count). The molecule has 0 unspecified atom stereocenters. The highest BCUT2D eigenvalue weighted by Gasteiger charge is 2.55. The monoisotopic (exact) mass is 444 g/mol. The first-order valence-corrected chi connectivity index (χ1v) is 11.6. The molecule has 7 nitrogen and oxygen atoms in total. The van der Waals surface area contributed by atoms with Crippen LogP contribution >= 0.6 is 0 Å². The summed E-state index contributed by atoms with van der Waals surface area (Å²) in [7, 11) is 6.58. The number of hydrogen-bond acceptors (Lipinski definition) is 7.